The first kappa shape index (κ1) is 13.1. The van der Waals surface area contributed by atoms with Crippen LogP contribution in [-0.2, 0) is 19.1 Å². The quantitative estimate of drug-likeness (QED) is 0.429. The predicted molar refractivity (Wildman–Crippen MR) is 65.7 cm³/mol. The summed E-state index contributed by atoms with van der Waals surface area (Å²) in [6.45, 7) is 2.10. The second-order valence-corrected chi connectivity index (χ2v) is 5.45. The molecule has 0 N–H and O–H groups in total. The lowest BCUT2D eigenvalue weighted by molar-refractivity contribution is -0.169. The van der Waals surface area contributed by atoms with E-state index in [2.05, 4.69) is 13.0 Å². The summed E-state index contributed by atoms with van der Waals surface area (Å²) < 4.78 is 9.67. The van der Waals surface area contributed by atoms with Gasteiger partial charge in [-0.15, -0.1) is 0 Å². The van der Waals surface area contributed by atoms with Crippen LogP contribution in [0, 0.1) is 17.3 Å². The highest BCUT2D eigenvalue weighted by Crippen LogP contribution is 2.51. The Balaban J connectivity index is 2.30. The highest BCUT2D eigenvalue weighted by atomic mass is 16.5. The summed E-state index contributed by atoms with van der Waals surface area (Å²) in [6, 6.07) is 0. The van der Waals surface area contributed by atoms with E-state index in [1.54, 1.807) is 0 Å². The summed E-state index contributed by atoms with van der Waals surface area (Å²) in [4.78, 5) is 24.0. The first-order valence-corrected chi connectivity index (χ1v) is 6.37. The van der Waals surface area contributed by atoms with Crippen molar-refractivity contribution in [3.63, 3.8) is 0 Å². The van der Waals surface area contributed by atoms with Crippen LogP contribution in [-0.4, -0.2) is 26.2 Å². The zero-order chi connectivity index (χ0) is 13.3. The van der Waals surface area contributed by atoms with Gasteiger partial charge in [-0.05, 0) is 44.4 Å². The lowest BCUT2D eigenvalue weighted by Gasteiger charge is -2.23. The van der Waals surface area contributed by atoms with E-state index in [0.29, 0.717) is 24.7 Å². The summed E-state index contributed by atoms with van der Waals surface area (Å²) in [5, 5.41) is 0. The van der Waals surface area contributed by atoms with Crippen molar-refractivity contribution in [3.8, 4) is 0 Å². The van der Waals surface area contributed by atoms with Gasteiger partial charge in [0.2, 0.25) is 0 Å². The van der Waals surface area contributed by atoms with Gasteiger partial charge in [-0.1, -0.05) is 11.6 Å². The normalized spacial score (nSPS) is 29.2. The summed E-state index contributed by atoms with van der Waals surface area (Å²) in [5.74, 6) is -0.201. The minimum absolute atomic E-state index is 0.303. The lowest BCUT2D eigenvalue weighted by atomic mass is 9.83. The molecule has 1 fully saturated rings. The molecule has 0 unspecified atom stereocenters. The van der Waals surface area contributed by atoms with E-state index in [1.807, 2.05) is 0 Å². The largest absolute Gasteiger partial charge is 0.468 e. The fourth-order valence-corrected chi connectivity index (χ4v) is 3.43. The fourth-order valence-electron chi connectivity index (χ4n) is 3.43. The van der Waals surface area contributed by atoms with Crippen LogP contribution in [0.5, 0.6) is 0 Å². The molecule has 2 aliphatic carbocycles. The number of allylic oxidation sites excluding steroid dienone is 2. The van der Waals surface area contributed by atoms with E-state index in [9.17, 15) is 9.59 Å². The topological polar surface area (TPSA) is 52.6 Å². The second kappa shape index (κ2) is 4.75. The van der Waals surface area contributed by atoms with Gasteiger partial charge in [0.1, 0.15) is 0 Å². The third-order valence-electron chi connectivity index (χ3n) is 4.36. The number of hydrogen-bond acceptors (Lipinski definition) is 4. The first-order valence-electron chi connectivity index (χ1n) is 6.37. The number of esters is 2. The smallest absolute Gasteiger partial charge is 0.323 e. The van der Waals surface area contributed by atoms with Crippen LogP contribution in [0.3, 0.4) is 0 Å². The van der Waals surface area contributed by atoms with Crippen LogP contribution in [0.15, 0.2) is 11.6 Å². The Morgan fingerprint density at radius 3 is 2.39 bits per heavy atom. The van der Waals surface area contributed by atoms with Crippen molar-refractivity contribution in [2.24, 2.45) is 17.3 Å². The standard InChI is InChI=1S/C14H20O4/c1-9-4-5-10-7-14(12(15)17-2,13(16)18-3)8-11(10)6-9/h6,10-11H,4-5,7-8H2,1-3H3/t10-,11+/m0/s1. The van der Waals surface area contributed by atoms with Crippen LogP contribution in [0.25, 0.3) is 0 Å². The molecule has 4 nitrogen and oxygen atoms in total. The molecule has 0 spiro atoms. The van der Waals surface area contributed by atoms with Gasteiger partial charge in [0.15, 0.2) is 5.41 Å². The van der Waals surface area contributed by atoms with Gasteiger partial charge in [-0.3, -0.25) is 9.59 Å². The molecule has 0 saturated heterocycles. The minimum atomic E-state index is -1.08. The Kier molecular flexibility index (Phi) is 3.46. The van der Waals surface area contributed by atoms with Crippen LogP contribution < -0.4 is 0 Å². The minimum Gasteiger partial charge on any atom is -0.468 e. The molecule has 2 rings (SSSR count). The molecular formula is C14H20O4. The second-order valence-electron chi connectivity index (χ2n) is 5.45. The lowest BCUT2D eigenvalue weighted by Crippen LogP contribution is -2.39. The van der Waals surface area contributed by atoms with Crippen molar-refractivity contribution in [3.05, 3.63) is 11.6 Å². The molecule has 100 valence electrons. The van der Waals surface area contributed by atoms with Gasteiger partial charge >= 0.3 is 11.9 Å². The number of fused-ring (bicyclic) bond motifs is 1. The molecule has 0 aromatic heterocycles. The Hall–Kier alpha value is -1.32. The third-order valence-corrected chi connectivity index (χ3v) is 4.36. The van der Waals surface area contributed by atoms with Crippen molar-refractivity contribution in [2.45, 2.75) is 32.6 Å². The van der Waals surface area contributed by atoms with Crippen LogP contribution in [0.1, 0.15) is 32.6 Å². The number of methoxy groups -OCH3 is 2. The molecule has 18 heavy (non-hydrogen) atoms. The molecule has 0 aromatic rings. The first-order chi connectivity index (χ1) is 8.53. The molecule has 1 saturated carbocycles. The van der Waals surface area contributed by atoms with Gasteiger partial charge in [-0.2, -0.15) is 0 Å². The van der Waals surface area contributed by atoms with Gasteiger partial charge < -0.3 is 9.47 Å². The van der Waals surface area contributed by atoms with Crippen molar-refractivity contribution in [2.75, 3.05) is 14.2 Å². The number of carbonyl (C=O) groups excluding carboxylic acids is 2. The predicted octanol–water partition coefficient (Wildman–Crippen LogP) is 2.09. The zero-order valence-corrected chi connectivity index (χ0v) is 11.2. The summed E-state index contributed by atoms with van der Waals surface area (Å²) in [6.07, 6.45) is 5.39. The van der Waals surface area contributed by atoms with E-state index in [4.69, 9.17) is 9.47 Å². The van der Waals surface area contributed by atoms with Crippen LogP contribution in [0.4, 0.5) is 0 Å². The van der Waals surface area contributed by atoms with Crippen molar-refractivity contribution < 1.29 is 19.1 Å². The summed E-state index contributed by atoms with van der Waals surface area (Å²) in [5.41, 5.74) is 0.265. The maximum Gasteiger partial charge on any atom is 0.323 e. The number of rotatable bonds is 2. The van der Waals surface area contributed by atoms with E-state index >= 15 is 0 Å². The maximum absolute atomic E-state index is 12.0. The monoisotopic (exact) mass is 252 g/mol. The molecule has 0 amide bonds. The van der Waals surface area contributed by atoms with E-state index in [-0.39, 0.29) is 0 Å². The number of ether oxygens (including phenoxy) is 2. The molecule has 2 atom stereocenters. The molecule has 0 bridgehead atoms. The number of carbonyl (C=O) groups is 2. The molecule has 0 heterocycles. The van der Waals surface area contributed by atoms with Gasteiger partial charge in [0, 0.05) is 0 Å². The van der Waals surface area contributed by atoms with Crippen LogP contribution in [0.2, 0.25) is 0 Å². The molecule has 4 heteroatoms. The molecule has 0 aliphatic heterocycles. The molecule has 2 aliphatic rings. The van der Waals surface area contributed by atoms with E-state index in [0.717, 1.165) is 12.8 Å². The number of hydrogen-bond donors (Lipinski definition) is 0. The highest BCUT2D eigenvalue weighted by molar-refractivity contribution is 6.00. The van der Waals surface area contributed by atoms with Crippen LogP contribution >= 0.6 is 0 Å². The maximum atomic E-state index is 12.0. The third kappa shape index (κ3) is 1.93. The Morgan fingerprint density at radius 2 is 1.83 bits per heavy atom. The molecule has 0 aromatic carbocycles. The average Bonchev–Trinajstić information content (AvgIpc) is 2.76. The zero-order valence-electron chi connectivity index (χ0n) is 11.2. The average molecular weight is 252 g/mol. The fraction of sp³-hybridized carbons (Fsp3) is 0.714. The molecular weight excluding hydrogens is 232 g/mol. The van der Waals surface area contributed by atoms with E-state index < -0.39 is 17.4 Å². The van der Waals surface area contributed by atoms with Crippen molar-refractivity contribution >= 4 is 11.9 Å². The Morgan fingerprint density at radius 1 is 1.22 bits per heavy atom. The SMILES string of the molecule is COC(=O)C1(C(=O)OC)C[C@@H]2CCC(C)=C[C@@H]2C1. The van der Waals surface area contributed by atoms with Gasteiger partial charge in [0.05, 0.1) is 14.2 Å². The Bertz CT molecular complexity index is 381. The Labute approximate surface area is 107 Å². The van der Waals surface area contributed by atoms with Gasteiger partial charge in [-0.25, -0.2) is 0 Å². The van der Waals surface area contributed by atoms with Crippen molar-refractivity contribution in [1.82, 2.24) is 0 Å². The van der Waals surface area contributed by atoms with E-state index in [1.165, 1.54) is 19.8 Å². The van der Waals surface area contributed by atoms with Crippen molar-refractivity contribution in [1.29, 1.82) is 0 Å². The summed E-state index contributed by atoms with van der Waals surface area (Å²) >= 11 is 0. The van der Waals surface area contributed by atoms with Gasteiger partial charge in [0.25, 0.3) is 0 Å². The summed E-state index contributed by atoms with van der Waals surface area (Å²) in [7, 11) is 2.66. The highest BCUT2D eigenvalue weighted by Gasteiger charge is 2.56. The molecule has 0 radical (unpaired) electrons.